The Labute approximate surface area is 115 Å². The lowest BCUT2D eigenvalue weighted by molar-refractivity contribution is -0.384. The van der Waals surface area contributed by atoms with Crippen LogP contribution in [0.25, 0.3) is 10.6 Å². The second-order valence-electron chi connectivity index (χ2n) is 4.11. The molecule has 0 unspecified atom stereocenters. The minimum atomic E-state index is -0.397. The van der Waals surface area contributed by atoms with Crippen molar-refractivity contribution in [1.82, 2.24) is 10.3 Å². The molecule has 0 fully saturated rings. The maximum absolute atomic E-state index is 10.6. The van der Waals surface area contributed by atoms with E-state index in [1.807, 2.05) is 6.20 Å². The monoisotopic (exact) mass is 277 g/mol. The lowest BCUT2D eigenvalue weighted by Crippen LogP contribution is -2.12. The number of nitrogens with zero attached hydrogens (tertiary/aromatic N) is 2. The van der Waals surface area contributed by atoms with Gasteiger partial charge in [-0.25, -0.2) is 4.98 Å². The summed E-state index contributed by atoms with van der Waals surface area (Å²) in [7, 11) is 0. The van der Waals surface area contributed by atoms with Crippen molar-refractivity contribution in [2.45, 2.75) is 19.9 Å². The molecule has 1 aromatic heterocycles. The van der Waals surface area contributed by atoms with Gasteiger partial charge in [-0.3, -0.25) is 10.1 Å². The van der Waals surface area contributed by atoms with Crippen molar-refractivity contribution < 1.29 is 4.92 Å². The molecule has 1 heterocycles. The third-order valence-electron chi connectivity index (χ3n) is 2.60. The Bertz CT molecular complexity index is 551. The van der Waals surface area contributed by atoms with E-state index in [9.17, 15) is 10.1 Å². The Morgan fingerprint density at radius 2 is 2.11 bits per heavy atom. The lowest BCUT2D eigenvalue weighted by Gasteiger charge is -1.98. The number of benzene rings is 1. The highest BCUT2D eigenvalue weighted by atomic mass is 32.1. The van der Waals surface area contributed by atoms with Gasteiger partial charge in [0.15, 0.2) is 0 Å². The molecular formula is C13H15N3O2S. The Morgan fingerprint density at radius 1 is 1.37 bits per heavy atom. The van der Waals surface area contributed by atoms with E-state index in [1.165, 1.54) is 17.0 Å². The third-order valence-corrected chi connectivity index (χ3v) is 3.65. The van der Waals surface area contributed by atoms with E-state index in [0.29, 0.717) is 0 Å². The Hall–Kier alpha value is -1.79. The summed E-state index contributed by atoms with van der Waals surface area (Å²) in [6.45, 7) is 3.94. The van der Waals surface area contributed by atoms with E-state index in [-0.39, 0.29) is 5.69 Å². The maximum Gasteiger partial charge on any atom is 0.269 e. The topological polar surface area (TPSA) is 68.1 Å². The number of hydrogen-bond acceptors (Lipinski definition) is 5. The summed E-state index contributed by atoms with van der Waals surface area (Å²) < 4.78 is 0. The fraction of sp³-hybridized carbons (Fsp3) is 0.308. The summed E-state index contributed by atoms with van der Waals surface area (Å²) in [6.07, 6.45) is 2.96. The molecule has 19 heavy (non-hydrogen) atoms. The van der Waals surface area contributed by atoms with Crippen molar-refractivity contribution in [1.29, 1.82) is 0 Å². The number of nitro benzene ring substituents is 1. The molecule has 0 atom stereocenters. The van der Waals surface area contributed by atoms with Gasteiger partial charge >= 0.3 is 0 Å². The van der Waals surface area contributed by atoms with E-state index in [2.05, 4.69) is 17.2 Å². The predicted molar refractivity (Wildman–Crippen MR) is 76.2 cm³/mol. The van der Waals surface area contributed by atoms with Gasteiger partial charge in [0.2, 0.25) is 0 Å². The van der Waals surface area contributed by atoms with Crippen LogP contribution in [0.15, 0.2) is 30.5 Å². The van der Waals surface area contributed by atoms with Gasteiger partial charge in [0.25, 0.3) is 5.69 Å². The van der Waals surface area contributed by atoms with Crippen LogP contribution in [0.3, 0.4) is 0 Å². The third kappa shape index (κ3) is 3.59. The molecule has 0 spiro atoms. The largest absolute Gasteiger partial charge is 0.312 e. The first kappa shape index (κ1) is 13.6. The molecule has 1 aromatic carbocycles. The summed E-state index contributed by atoms with van der Waals surface area (Å²) >= 11 is 1.61. The van der Waals surface area contributed by atoms with E-state index < -0.39 is 4.92 Å². The van der Waals surface area contributed by atoms with Crippen LogP contribution < -0.4 is 5.32 Å². The molecule has 6 heteroatoms. The summed E-state index contributed by atoms with van der Waals surface area (Å²) in [5.74, 6) is 0. The zero-order valence-electron chi connectivity index (χ0n) is 10.6. The van der Waals surface area contributed by atoms with E-state index in [4.69, 9.17) is 0 Å². The fourth-order valence-electron chi connectivity index (χ4n) is 1.64. The second-order valence-corrected chi connectivity index (χ2v) is 5.23. The molecule has 0 amide bonds. The molecule has 0 radical (unpaired) electrons. The first-order valence-electron chi connectivity index (χ1n) is 6.11. The highest BCUT2D eigenvalue weighted by Crippen LogP contribution is 2.26. The van der Waals surface area contributed by atoms with Gasteiger partial charge in [0.05, 0.1) is 4.92 Å². The van der Waals surface area contributed by atoms with E-state index in [0.717, 1.165) is 30.1 Å². The zero-order valence-corrected chi connectivity index (χ0v) is 11.4. The maximum atomic E-state index is 10.6. The lowest BCUT2D eigenvalue weighted by atomic mass is 10.2. The number of hydrogen-bond donors (Lipinski definition) is 1. The molecule has 0 saturated carbocycles. The molecule has 2 rings (SSSR count). The molecule has 0 aliphatic carbocycles. The van der Waals surface area contributed by atoms with Crippen LogP contribution in [0.4, 0.5) is 5.69 Å². The fourth-order valence-corrected chi connectivity index (χ4v) is 2.52. The van der Waals surface area contributed by atoms with Gasteiger partial charge in [-0.1, -0.05) is 6.92 Å². The van der Waals surface area contributed by atoms with Gasteiger partial charge in [0, 0.05) is 35.3 Å². The average molecular weight is 277 g/mol. The van der Waals surface area contributed by atoms with Crippen molar-refractivity contribution in [2.24, 2.45) is 0 Å². The summed E-state index contributed by atoms with van der Waals surface area (Å²) in [5, 5.41) is 14.8. The number of aromatic nitrogens is 1. The van der Waals surface area contributed by atoms with Crippen LogP contribution in [0.5, 0.6) is 0 Å². The molecule has 0 aliphatic rings. The highest BCUT2D eigenvalue weighted by molar-refractivity contribution is 7.15. The van der Waals surface area contributed by atoms with Crippen molar-refractivity contribution in [3.63, 3.8) is 0 Å². The van der Waals surface area contributed by atoms with Gasteiger partial charge in [-0.2, -0.15) is 0 Å². The minimum absolute atomic E-state index is 0.102. The van der Waals surface area contributed by atoms with Gasteiger partial charge in [-0.05, 0) is 25.1 Å². The van der Waals surface area contributed by atoms with E-state index >= 15 is 0 Å². The normalized spacial score (nSPS) is 10.6. The summed E-state index contributed by atoms with van der Waals surface area (Å²) in [4.78, 5) is 15.7. The second kappa shape index (κ2) is 6.40. The zero-order chi connectivity index (χ0) is 13.7. The van der Waals surface area contributed by atoms with Crippen LogP contribution >= 0.6 is 11.3 Å². The Balaban J connectivity index is 2.07. The molecule has 0 bridgehead atoms. The molecule has 0 aliphatic heterocycles. The Morgan fingerprint density at radius 3 is 2.74 bits per heavy atom. The van der Waals surface area contributed by atoms with Crippen LogP contribution in [-0.2, 0) is 6.54 Å². The van der Waals surface area contributed by atoms with Gasteiger partial charge in [-0.15, -0.1) is 11.3 Å². The van der Waals surface area contributed by atoms with Crippen LogP contribution in [0.1, 0.15) is 18.2 Å². The van der Waals surface area contributed by atoms with E-state index in [1.54, 1.807) is 23.5 Å². The molecule has 100 valence electrons. The number of thiazole rings is 1. The minimum Gasteiger partial charge on any atom is -0.312 e. The number of rotatable bonds is 6. The molecule has 2 aromatic rings. The molecule has 0 saturated heterocycles. The van der Waals surface area contributed by atoms with Crippen LogP contribution in [0.2, 0.25) is 0 Å². The first-order chi connectivity index (χ1) is 9.20. The van der Waals surface area contributed by atoms with Crippen molar-refractivity contribution >= 4 is 17.0 Å². The van der Waals surface area contributed by atoms with Crippen LogP contribution in [-0.4, -0.2) is 16.5 Å². The SMILES string of the molecule is CCCNCc1cnc(-c2ccc([N+](=O)[O-])cc2)s1. The summed E-state index contributed by atoms with van der Waals surface area (Å²) in [5.41, 5.74) is 1.02. The number of non-ortho nitro benzene ring substituents is 1. The average Bonchev–Trinajstić information content (AvgIpc) is 2.88. The van der Waals surface area contributed by atoms with Gasteiger partial charge < -0.3 is 5.32 Å². The van der Waals surface area contributed by atoms with Crippen molar-refractivity contribution in [3.8, 4) is 10.6 Å². The molecule has 1 N–H and O–H groups in total. The molecular weight excluding hydrogens is 262 g/mol. The molecule has 5 nitrogen and oxygen atoms in total. The standard InChI is InChI=1S/C13H15N3O2S/c1-2-7-14-8-12-9-15-13(19-12)10-3-5-11(6-4-10)16(17)18/h3-6,9,14H,2,7-8H2,1H3. The number of nitrogens with one attached hydrogen (secondary N) is 1. The van der Waals surface area contributed by atoms with Gasteiger partial charge in [0.1, 0.15) is 5.01 Å². The highest BCUT2D eigenvalue weighted by Gasteiger charge is 2.08. The number of nitro groups is 1. The van der Waals surface area contributed by atoms with Crippen molar-refractivity contribution in [3.05, 3.63) is 45.5 Å². The van der Waals surface area contributed by atoms with Crippen molar-refractivity contribution in [2.75, 3.05) is 6.54 Å². The Kier molecular flexibility index (Phi) is 4.59. The van der Waals surface area contributed by atoms with Crippen LogP contribution in [0, 0.1) is 10.1 Å². The predicted octanol–water partition coefficient (Wildman–Crippen LogP) is 3.22. The summed E-state index contributed by atoms with van der Waals surface area (Å²) in [6, 6.07) is 6.48. The first-order valence-corrected chi connectivity index (χ1v) is 6.92. The smallest absolute Gasteiger partial charge is 0.269 e. The quantitative estimate of drug-likeness (QED) is 0.500.